The highest BCUT2D eigenvalue weighted by Gasteiger charge is 2.27. The van der Waals surface area contributed by atoms with Crippen LogP contribution in [-0.2, 0) is 4.74 Å². The van der Waals surface area contributed by atoms with Crippen molar-refractivity contribution >= 4 is 28.3 Å². The molecule has 0 saturated heterocycles. The lowest BCUT2D eigenvalue weighted by molar-refractivity contribution is -0.172. The van der Waals surface area contributed by atoms with Gasteiger partial charge in [-0.2, -0.15) is 13.2 Å². The van der Waals surface area contributed by atoms with E-state index in [1.165, 1.54) is 11.8 Å². The first-order chi connectivity index (χ1) is 11.9. The summed E-state index contributed by atoms with van der Waals surface area (Å²) in [6.45, 7) is 0.723. The number of ether oxygens (including phenoxy) is 2. The monoisotopic (exact) mass is 371 g/mol. The van der Waals surface area contributed by atoms with E-state index in [9.17, 15) is 13.2 Å². The van der Waals surface area contributed by atoms with E-state index in [0.717, 1.165) is 16.5 Å². The zero-order chi connectivity index (χ0) is 18.0. The van der Waals surface area contributed by atoms with Gasteiger partial charge < -0.3 is 9.47 Å². The normalized spacial score (nSPS) is 12.2. The number of pyridine rings is 1. The fourth-order valence-electron chi connectivity index (χ4n) is 2.50. The maximum Gasteiger partial charge on any atom is 0.411 e. The standard InChI is InChI=1S/C16H16F3N3O2S/c1-10-7-14-20-21-15(25-6-5-24-9-16(17,18)19)22(14)13-8-11(23-2)3-4-12(10)13/h3-4,7-8H,5-6,9H2,1-2H3. The van der Waals surface area contributed by atoms with Crippen molar-refractivity contribution < 1.29 is 22.6 Å². The minimum atomic E-state index is -4.31. The average Bonchev–Trinajstić information content (AvgIpc) is 2.96. The van der Waals surface area contributed by atoms with Gasteiger partial charge in [0, 0.05) is 17.2 Å². The Bertz CT molecular complexity index is 896. The van der Waals surface area contributed by atoms with Gasteiger partial charge in [-0.25, -0.2) is 0 Å². The molecule has 0 bridgehead atoms. The van der Waals surface area contributed by atoms with Gasteiger partial charge in [-0.1, -0.05) is 11.8 Å². The number of benzene rings is 1. The molecule has 0 aliphatic heterocycles. The molecule has 0 radical (unpaired) electrons. The first kappa shape index (κ1) is 17.8. The zero-order valence-electron chi connectivity index (χ0n) is 13.6. The Morgan fingerprint density at radius 2 is 2.00 bits per heavy atom. The molecule has 3 rings (SSSR count). The van der Waals surface area contributed by atoms with E-state index in [4.69, 9.17) is 4.74 Å². The van der Waals surface area contributed by atoms with Crippen molar-refractivity contribution in [2.45, 2.75) is 18.3 Å². The van der Waals surface area contributed by atoms with Crippen molar-refractivity contribution in [3.63, 3.8) is 0 Å². The van der Waals surface area contributed by atoms with Crippen LogP contribution in [0.2, 0.25) is 0 Å². The lowest BCUT2D eigenvalue weighted by atomic mass is 10.1. The van der Waals surface area contributed by atoms with Crippen LogP contribution in [0.1, 0.15) is 5.56 Å². The van der Waals surface area contributed by atoms with Crippen LogP contribution < -0.4 is 4.74 Å². The number of hydrogen-bond donors (Lipinski definition) is 0. The van der Waals surface area contributed by atoms with Gasteiger partial charge in [-0.15, -0.1) is 10.2 Å². The second kappa shape index (κ2) is 7.09. The van der Waals surface area contributed by atoms with E-state index < -0.39 is 12.8 Å². The summed E-state index contributed by atoms with van der Waals surface area (Å²) in [5, 5.41) is 9.93. The molecular formula is C16H16F3N3O2S. The first-order valence-electron chi connectivity index (χ1n) is 7.49. The highest BCUT2D eigenvalue weighted by atomic mass is 32.2. The van der Waals surface area contributed by atoms with E-state index in [1.54, 1.807) is 7.11 Å². The van der Waals surface area contributed by atoms with Crippen molar-refractivity contribution in [1.29, 1.82) is 0 Å². The summed E-state index contributed by atoms with van der Waals surface area (Å²) < 4.78 is 48.0. The minimum Gasteiger partial charge on any atom is -0.497 e. The summed E-state index contributed by atoms with van der Waals surface area (Å²) in [6, 6.07) is 7.65. The number of halogens is 3. The first-order valence-corrected chi connectivity index (χ1v) is 8.47. The predicted octanol–water partition coefficient (Wildman–Crippen LogP) is 3.87. The van der Waals surface area contributed by atoms with Crippen molar-refractivity contribution in [3.05, 3.63) is 29.8 Å². The van der Waals surface area contributed by atoms with Gasteiger partial charge in [0.15, 0.2) is 10.8 Å². The second-order valence-corrected chi connectivity index (χ2v) is 6.46. The van der Waals surface area contributed by atoms with Gasteiger partial charge in [0.05, 0.1) is 19.2 Å². The quantitative estimate of drug-likeness (QED) is 0.486. The Labute approximate surface area is 146 Å². The second-order valence-electron chi connectivity index (χ2n) is 5.40. The molecule has 0 aliphatic rings. The highest BCUT2D eigenvalue weighted by Crippen LogP contribution is 2.28. The molecular weight excluding hydrogens is 355 g/mol. The van der Waals surface area contributed by atoms with E-state index in [0.29, 0.717) is 22.3 Å². The maximum absolute atomic E-state index is 12.1. The number of fused-ring (bicyclic) bond motifs is 3. The van der Waals surface area contributed by atoms with E-state index in [1.807, 2.05) is 35.6 Å². The summed E-state index contributed by atoms with van der Waals surface area (Å²) in [6.07, 6.45) is -4.31. The van der Waals surface area contributed by atoms with E-state index >= 15 is 0 Å². The van der Waals surface area contributed by atoms with Crippen molar-refractivity contribution in [3.8, 4) is 5.75 Å². The molecule has 5 nitrogen and oxygen atoms in total. The number of alkyl halides is 3. The molecule has 0 unspecified atom stereocenters. The fourth-order valence-corrected chi connectivity index (χ4v) is 3.31. The molecule has 3 aromatic rings. The van der Waals surface area contributed by atoms with Crippen LogP contribution in [0.3, 0.4) is 0 Å². The molecule has 1 aromatic carbocycles. The Hall–Kier alpha value is -2.00. The van der Waals surface area contributed by atoms with Crippen LogP contribution in [-0.4, -0.2) is 46.9 Å². The minimum absolute atomic E-state index is 0.0216. The van der Waals surface area contributed by atoms with E-state index in [-0.39, 0.29) is 6.61 Å². The Morgan fingerprint density at radius 3 is 2.72 bits per heavy atom. The van der Waals surface area contributed by atoms with Crippen LogP contribution in [0.25, 0.3) is 16.6 Å². The molecule has 2 heterocycles. The summed E-state index contributed by atoms with van der Waals surface area (Å²) in [4.78, 5) is 0. The van der Waals surface area contributed by atoms with Crippen LogP contribution >= 0.6 is 11.8 Å². The number of aryl methyl sites for hydroxylation is 1. The van der Waals surface area contributed by atoms with Crippen molar-refractivity contribution in [2.75, 3.05) is 26.1 Å². The van der Waals surface area contributed by atoms with Gasteiger partial charge in [-0.3, -0.25) is 4.40 Å². The number of rotatable bonds is 6. The summed E-state index contributed by atoms with van der Waals surface area (Å²) in [5.74, 6) is 1.05. The lowest BCUT2D eigenvalue weighted by Gasteiger charge is -2.09. The smallest absolute Gasteiger partial charge is 0.411 e. The number of thioether (sulfide) groups is 1. The summed E-state index contributed by atoms with van der Waals surface area (Å²) >= 11 is 1.30. The molecule has 0 N–H and O–H groups in total. The number of aromatic nitrogens is 3. The molecule has 0 saturated carbocycles. The molecule has 134 valence electrons. The van der Waals surface area contributed by atoms with Crippen LogP contribution in [0.4, 0.5) is 13.2 Å². The van der Waals surface area contributed by atoms with Crippen LogP contribution in [0, 0.1) is 6.92 Å². The Balaban J connectivity index is 1.85. The van der Waals surface area contributed by atoms with Crippen molar-refractivity contribution in [1.82, 2.24) is 14.6 Å². The summed E-state index contributed by atoms with van der Waals surface area (Å²) in [5.41, 5.74) is 2.62. The zero-order valence-corrected chi connectivity index (χ0v) is 14.4. The van der Waals surface area contributed by atoms with Crippen LogP contribution in [0.5, 0.6) is 5.75 Å². The maximum atomic E-state index is 12.1. The van der Waals surface area contributed by atoms with Gasteiger partial charge in [0.1, 0.15) is 12.4 Å². The van der Waals surface area contributed by atoms with Crippen molar-refractivity contribution in [2.24, 2.45) is 0 Å². The number of hydrogen-bond acceptors (Lipinski definition) is 5. The number of nitrogens with zero attached hydrogens (tertiary/aromatic N) is 3. The highest BCUT2D eigenvalue weighted by molar-refractivity contribution is 7.99. The summed E-state index contributed by atoms with van der Waals surface area (Å²) in [7, 11) is 1.59. The molecule has 0 spiro atoms. The molecule has 0 atom stereocenters. The molecule has 25 heavy (non-hydrogen) atoms. The average molecular weight is 371 g/mol. The predicted molar refractivity (Wildman–Crippen MR) is 89.4 cm³/mol. The lowest BCUT2D eigenvalue weighted by Crippen LogP contribution is -2.17. The van der Waals surface area contributed by atoms with Gasteiger partial charge in [0.2, 0.25) is 0 Å². The molecule has 0 fully saturated rings. The third-order valence-electron chi connectivity index (χ3n) is 3.60. The van der Waals surface area contributed by atoms with Gasteiger partial charge >= 0.3 is 6.18 Å². The topological polar surface area (TPSA) is 48.7 Å². The molecule has 2 aromatic heterocycles. The Morgan fingerprint density at radius 1 is 1.20 bits per heavy atom. The Kier molecular flexibility index (Phi) is 5.05. The number of methoxy groups -OCH3 is 1. The SMILES string of the molecule is COc1ccc2c(C)cc3nnc(SCCOCC(F)(F)F)n3c2c1. The van der Waals surface area contributed by atoms with E-state index in [2.05, 4.69) is 14.9 Å². The molecule has 0 aliphatic carbocycles. The third-order valence-corrected chi connectivity index (χ3v) is 4.49. The third kappa shape index (κ3) is 3.98. The molecule has 9 heteroatoms. The van der Waals surface area contributed by atoms with Crippen LogP contribution in [0.15, 0.2) is 29.4 Å². The largest absolute Gasteiger partial charge is 0.497 e. The van der Waals surface area contributed by atoms with Gasteiger partial charge in [0.25, 0.3) is 0 Å². The fraction of sp³-hybridized carbons (Fsp3) is 0.375. The van der Waals surface area contributed by atoms with Gasteiger partial charge in [-0.05, 0) is 30.7 Å². The molecule has 0 amide bonds.